The first-order chi connectivity index (χ1) is 12.5. The van der Waals surface area contributed by atoms with Crippen molar-refractivity contribution in [2.24, 2.45) is 5.14 Å². The number of ether oxygens (including phenoxy) is 1. The number of nitrogens with one attached hydrogen (secondary N) is 1. The van der Waals surface area contributed by atoms with Crippen molar-refractivity contribution in [1.29, 1.82) is 0 Å². The van der Waals surface area contributed by atoms with Crippen LogP contribution in [-0.2, 0) is 16.6 Å². The van der Waals surface area contributed by atoms with Crippen LogP contribution in [0.5, 0.6) is 5.75 Å². The summed E-state index contributed by atoms with van der Waals surface area (Å²) in [6.45, 7) is -0.145. The summed E-state index contributed by atoms with van der Waals surface area (Å²) in [4.78, 5) is 13.2. The highest BCUT2D eigenvalue weighted by atomic mass is 32.2. The first kappa shape index (κ1) is 20.5. The molecule has 0 radical (unpaired) electrons. The van der Waals surface area contributed by atoms with Crippen molar-refractivity contribution in [2.75, 3.05) is 12.4 Å². The summed E-state index contributed by atoms with van der Waals surface area (Å²) in [6, 6.07) is 9.98. The maximum atomic E-state index is 12.5. The smallest absolute Gasteiger partial charge is 0.405 e. The van der Waals surface area contributed by atoms with Crippen LogP contribution in [-0.4, -0.2) is 32.8 Å². The lowest BCUT2D eigenvalue weighted by molar-refractivity contribution is -0.275. The lowest BCUT2D eigenvalue weighted by Gasteiger charge is -2.20. The number of nitrogens with zero attached hydrogens (tertiary/aromatic N) is 1. The maximum Gasteiger partial charge on any atom is 0.573 e. The van der Waals surface area contributed by atoms with Crippen LogP contribution in [0.4, 0.5) is 23.7 Å². The van der Waals surface area contributed by atoms with Crippen LogP contribution in [0.3, 0.4) is 0 Å². The number of urea groups is 1. The zero-order valence-electron chi connectivity index (χ0n) is 14.0. The van der Waals surface area contributed by atoms with E-state index < -0.39 is 28.2 Å². The molecule has 7 nitrogen and oxygen atoms in total. The van der Waals surface area contributed by atoms with Crippen LogP contribution in [0.1, 0.15) is 5.56 Å². The average Bonchev–Trinajstić information content (AvgIpc) is 2.55. The van der Waals surface area contributed by atoms with E-state index in [0.29, 0.717) is 5.69 Å². The molecule has 0 heterocycles. The van der Waals surface area contributed by atoms with Crippen molar-refractivity contribution >= 4 is 21.7 Å². The van der Waals surface area contributed by atoms with Crippen LogP contribution in [0.25, 0.3) is 0 Å². The van der Waals surface area contributed by atoms with Gasteiger partial charge in [0.2, 0.25) is 10.0 Å². The highest BCUT2D eigenvalue weighted by Gasteiger charge is 2.32. The number of anilines is 1. The molecule has 27 heavy (non-hydrogen) atoms. The SMILES string of the molecule is CN(Cc1ccccc1OC(F)(F)F)C(=O)Nc1ccc(S(N)(=O)=O)cc1. The van der Waals surface area contributed by atoms with E-state index >= 15 is 0 Å². The van der Waals surface area contributed by atoms with E-state index in [0.717, 1.165) is 11.0 Å². The number of alkyl halides is 3. The molecule has 3 N–H and O–H groups in total. The van der Waals surface area contributed by atoms with E-state index in [4.69, 9.17) is 5.14 Å². The molecular formula is C16H16F3N3O4S. The summed E-state index contributed by atoms with van der Waals surface area (Å²) in [7, 11) is -2.47. The van der Waals surface area contributed by atoms with E-state index in [1.807, 2.05) is 0 Å². The van der Waals surface area contributed by atoms with Crippen molar-refractivity contribution in [3.63, 3.8) is 0 Å². The number of hydrogen-bond donors (Lipinski definition) is 2. The molecular weight excluding hydrogens is 387 g/mol. The normalized spacial score (nSPS) is 11.7. The Morgan fingerprint density at radius 2 is 1.74 bits per heavy atom. The van der Waals surface area contributed by atoms with Crippen LogP contribution in [0.15, 0.2) is 53.4 Å². The van der Waals surface area contributed by atoms with E-state index in [1.165, 1.54) is 49.5 Å². The van der Waals surface area contributed by atoms with Crippen molar-refractivity contribution in [1.82, 2.24) is 4.90 Å². The first-order valence-electron chi connectivity index (χ1n) is 7.44. The molecule has 146 valence electrons. The van der Waals surface area contributed by atoms with Gasteiger partial charge in [0.1, 0.15) is 5.75 Å². The van der Waals surface area contributed by atoms with Gasteiger partial charge < -0.3 is 15.0 Å². The number of halogens is 3. The molecule has 0 aliphatic heterocycles. The minimum Gasteiger partial charge on any atom is -0.405 e. The van der Waals surface area contributed by atoms with Gasteiger partial charge in [0, 0.05) is 18.3 Å². The number of sulfonamides is 1. The zero-order chi connectivity index (χ0) is 20.2. The fourth-order valence-electron chi connectivity index (χ4n) is 2.13. The van der Waals surface area contributed by atoms with Crippen LogP contribution < -0.4 is 15.2 Å². The van der Waals surface area contributed by atoms with Gasteiger partial charge in [-0.05, 0) is 30.3 Å². The van der Waals surface area contributed by atoms with Crippen LogP contribution in [0, 0.1) is 0 Å². The number of carbonyl (C=O) groups excluding carboxylic acids is 1. The number of carbonyl (C=O) groups is 1. The Bertz CT molecular complexity index is 915. The minimum atomic E-state index is -4.85. The molecule has 0 saturated carbocycles. The van der Waals surface area contributed by atoms with Gasteiger partial charge in [-0.1, -0.05) is 18.2 Å². The lowest BCUT2D eigenvalue weighted by Crippen LogP contribution is -2.31. The van der Waals surface area contributed by atoms with E-state index in [1.54, 1.807) is 0 Å². The third-order valence-electron chi connectivity index (χ3n) is 3.39. The molecule has 0 saturated heterocycles. The summed E-state index contributed by atoms with van der Waals surface area (Å²) in [5.74, 6) is -0.401. The predicted octanol–water partition coefficient (Wildman–Crippen LogP) is 2.90. The third-order valence-corrected chi connectivity index (χ3v) is 4.32. The van der Waals surface area contributed by atoms with Gasteiger partial charge >= 0.3 is 12.4 Å². The van der Waals surface area contributed by atoms with Gasteiger partial charge in [-0.2, -0.15) is 0 Å². The van der Waals surface area contributed by atoms with Crippen molar-refractivity contribution in [3.8, 4) is 5.75 Å². The fraction of sp³-hybridized carbons (Fsp3) is 0.188. The molecule has 0 aliphatic rings. The molecule has 0 fully saturated rings. The summed E-state index contributed by atoms with van der Waals surface area (Å²) in [5, 5.41) is 7.48. The number of rotatable bonds is 5. The molecule has 2 aromatic rings. The quantitative estimate of drug-likeness (QED) is 0.801. The minimum absolute atomic E-state index is 0.118. The molecule has 0 spiro atoms. The Morgan fingerprint density at radius 3 is 2.30 bits per heavy atom. The maximum absolute atomic E-state index is 12.5. The monoisotopic (exact) mass is 403 g/mol. The Kier molecular flexibility index (Phi) is 5.96. The number of primary sulfonamides is 1. The van der Waals surface area contributed by atoms with Gasteiger partial charge in [0.05, 0.1) is 11.4 Å². The Morgan fingerprint density at radius 1 is 1.15 bits per heavy atom. The number of hydrogen-bond acceptors (Lipinski definition) is 4. The Hall–Kier alpha value is -2.79. The first-order valence-corrected chi connectivity index (χ1v) is 8.99. The largest absolute Gasteiger partial charge is 0.573 e. The van der Waals surface area contributed by atoms with Crippen molar-refractivity contribution < 1.29 is 31.1 Å². The zero-order valence-corrected chi connectivity index (χ0v) is 14.8. The number of nitrogens with two attached hydrogens (primary N) is 1. The molecule has 2 amide bonds. The van der Waals surface area contributed by atoms with Gasteiger partial charge in [0.15, 0.2) is 0 Å². The Labute approximate surface area is 153 Å². The second-order valence-corrected chi connectivity index (χ2v) is 7.07. The van der Waals surface area contributed by atoms with Gasteiger partial charge in [-0.3, -0.25) is 0 Å². The molecule has 2 aromatic carbocycles. The molecule has 2 rings (SSSR count). The van der Waals surface area contributed by atoms with Gasteiger partial charge in [0.25, 0.3) is 0 Å². The molecule has 11 heteroatoms. The summed E-state index contributed by atoms with van der Waals surface area (Å²) in [5.41, 5.74) is 0.455. The highest BCUT2D eigenvalue weighted by molar-refractivity contribution is 7.89. The average molecular weight is 403 g/mol. The number of para-hydroxylation sites is 1. The molecule has 0 atom stereocenters. The summed E-state index contributed by atoms with van der Waals surface area (Å²) in [6.07, 6.45) is -4.85. The number of amides is 2. The molecule has 0 unspecified atom stereocenters. The van der Waals surface area contributed by atoms with E-state index in [2.05, 4.69) is 10.1 Å². The van der Waals surface area contributed by atoms with Crippen molar-refractivity contribution in [2.45, 2.75) is 17.8 Å². The second kappa shape index (κ2) is 7.84. The van der Waals surface area contributed by atoms with Crippen molar-refractivity contribution in [3.05, 3.63) is 54.1 Å². The van der Waals surface area contributed by atoms with Crippen LogP contribution in [0.2, 0.25) is 0 Å². The number of benzene rings is 2. The van der Waals surface area contributed by atoms with Gasteiger partial charge in [-0.15, -0.1) is 13.2 Å². The molecule has 0 bridgehead atoms. The summed E-state index contributed by atoms with van der Waals surface area (Å²) >= 11 is 0. The third kappa shape index (κ3) is 6.15. The molecule has 0 aliphatic carbocycles. The van der Waals surface area contributed by atoms with E-state index in [9.17, 15) is 26.4 Å². The van der Waals surface area contributed by atoms with Gasteiger partial charge in [-0.25, -0.2) is 18.4 Å². The topological polar surface area (TPSA) is 102 Å². The fourth-order valence-corrected chi connectivity index (χ4v) is 2.65. The second-order valence-electron chi connectivity index (χ2n) is 5.51. The summed E-state index contributed by atoms with van der Waals surface area (Å²) < 4.78 is 63.7. The van der Waals surface area contributed by atoms with Crippen LogP contribution >= 0.6 is 0 Å². The standard InChI is InChI=1S/C16H16F3N3O4S/c1-22(10-11-4-2-3-5-14(11)26-16(17,18)19)15(23)21-12-6-8-13(9-7-12)27(20,24)25/h2-9H,10H2,1H3,(H,21,23)(H2,20,24,25). The van der Waals surface area contributed by atoms with E-state index in [-0.39, 0.29) is 17.0 Å². The predicted molar refractivity (Wildman–Crippen MR) is 91.4 cm³/mol. The highest BCUT2D eigenvalue weighted by Crippen LogP contribution is 2.27. The molecule has 0 aromatic heterocycles. The Balaban J connectivity index is 2.06. The lowest BCUT2D eigenvalue weighted by atomic mass is 10.2.